The van der Waals surface area contributed by atoms with Crippen LogP contribution in [0.25, 0.3) is 0 Å². The molecule has 0 spiro atoms. The third-order valence-electron chi connectivity index (χ3n) is 2.89. The first-order chi connectivity index (χ1) is 9.35. The quantitative estimate of drug-likeness (QED) is 0.943. The van der Waals surface area contributed by atoms with Crippen molar-refractivity contribution in [3.8, 4) is 0 Å². The average Bonchev–Trinajstić information content (AvgIpc) is 2.67. The van der Waals surface area contributed by atoms with Gasteiger partial charge in [0.25, 0.3) is 10.0 Å². The van der Waals surface area contributed by atoms with Crippen LogP contribution in [0.15, 0.2) is 29.2 Å². The molecule has 108 valence electrons. The van der Waals surface area contributed by atoms with E-state index in [9.17, 15) is 12.8 Å². The first kappa shape index (κ1) is 14.5. The lowest BCUT2D eigenvalue weighted by Gasteiger charge is -2.07. The normalized spacial score (nSPS) is 11.6. The topological polar surface area (TPSA) is 64.0 Å². The molecule has 5 nitrogen and oxygen atoms in total. The molecule has 0 atom stereocenters. The highest BCUT2D eigenvalue weighted by atomic mass is 32.2. The van der Waals surface area contributed by atoms with Gasteiger partial charge < -0.3 is 0 Å². The van der Waals surface area contributed by atoms with Crippen molar-refractivity contribution in [2.45, 2.75) is 32.2 Å². The summed E-state index contributed by atoms with van der Waals surface area (Å²) in [5, 5.41) is 3.87. The van der Waals surface area contributed by atoms with Crippen LogP contribution in [0, 0.1) is 19.8 Å². The summed E-state index contributed by atoms with van der Waals surface area (Å²) < 4.78 is 41.9. The molecule has 1 heterocycles. The molecule has 0 amide bonds. The van der Waals surface area contributed by atoms with Crippen molar-refractivity contribution in [2.24, 2.45) is 0 Å². The largest absolute Gasteiger partial charge is 0.279 e. The Kier molecular flexibility index (Phi) is 3.80. The van der Waals surface area contributed by atoms with E-state index in [0.717, 1.165) is 10.2 Å². The minimum Gasteiger partial charge on any atom is -0.279 e. The van der Waals surface area contributed by atoms with Crippen molar-refractivity contribution in [3.05, 3.63) is 41.5 Å². The first-order valence-electron chi connectivity index (χ1n) is 6.17. The molecule has 1 aromatic heterocycles. The van der Waals surface area contributed by atoms with E-state index in [1.807, 2.05) is 6.92 Å². The number of anilines is 1. The average molecular weight is 297 g/mol. The van der Waals surface area contributed by atoms with Crippen LogP contribution in [0.4, 0.5) is 10.1 Å². The number of nitrogens with one attached hydrogen (secondary N) is 1. The van der Waals surface area contributed by atoms with E-state index in [4.69, 9.17) is 0 Å². The van der Waals surface area contributed by atoms with Crippen LogP contribution < -0.4 is 4.72 Å². The molecular weight excluding hydrogens is 281 g/mol. The summed E-state index contributed by atoms with van der Waals surface area (Å²) >= 11 is 0. The molecule has 20 heavy (non-hydrogen) atoms. The second-order valence-electron chi connectivity index (χ2n) is 4.49. The Balaban J connectivity index is 2.40. The zero-order valence-corrected chi connectivity index (χ0v) is 12.3. The van der Waals surface area contributed by atoms with Gasteiger partial charge in [0.15, 0.2) is 4.90 Å². The summed E-state index contributed by atoms with van der Waals surface area (Å²) in [7, 11) is -3.99. The van der Waals surface area contributed by atoms with Crippen LogP contribution in [0.1, 0.15) is 18.2 Å². The lowest BCUT2D eigenvalue weighted by molar-refractivity contribution is 0.454. The summed E-state index contributed by atoms with van der Waals surface area (Å²) in [5.74, 6) is -0.843. The van der Waals surface area contributed by atoms with Gasteiger partial charge in [0.1, 0.15) is 0 Å². The van der Waals surface area contributed by atoms with Gasteiger partial charge in [0.2, 0.25) is 5.95 Å². The molecular formula is C13H16FN3O2S. The zero-order chi connectivity index (χ0) is 14.9. The SMILES string of the molecule is CCn1nc(C)c(S(=O)(=O)Nc2ccc(C)cc2)c1F. The zero-order valence-electron chi connectivity index (χ0n) is 11.5. The molecule has 0 aliphatic carbocycles. The standard InChI is InChI=1S/C13H16FN3O2S/c1-4-17-13(14)12(10(3)15-17)20(18,19)16-11-7-5-9(2)6-8-11/h5-8,16H,4H2,1-3H3. The molecule has 0 bridgehead atoms. The van der Waals surface area contributed by atoms with Crippen molar-refractivity contribution >= 4 is 15.7 Å². The fraction of sp³-hybridized carbons (Fsp3) is 0.308. The predicted molar refractivity (Wildman–Crippen MR) is 74.6 cm³/mol. The number of halogens is 1. The van der Waals surface area contributed by atoms with Crippen LogP contribution in [-0.2, 0) is 16.6 Å². The molecule has 2 aromatic rings. The van der Waals surface area contributed by atoms with Crippen molar-refractivity contribution in [2.75, 3.05) is 4.72 Å². The highest BCUT2D eigenvalue weighted by molar-refractivity contribution is 7.92. The molecule has 0 unspecified atom stereocenters. The van der Waals surface area contributed by atoms with Crippen molar-refractivity contribution in [3.63, 3.8) is 0 Å². The molecule has 0 saturated heterocycles. The van der Waals surface area contributed by atoms with Gasteiger partial charge in [0.05, 0.1) is 5.69 Å². The Labute approximate surface area is 117 Å². The number of nitrogens with zero attached hydrogens (tertiary/aromatic N) is 2. The molecule has 0 fully saturated rings. The molecule has 0 saturated carbocycles. The van der Waals surface area contributed by atoms with Gasteiger partial charge in [-0.15, -0.1) is 0 Å². The van der Waals surface area contributed by atoms with Gasteiger partial charge >= 0.3 is 0 Å². The Hall–Kier alpha value is -1.89. The maximum Gasteiger partial charge on any atom is 0.268 e. The van der Waals surface area contributed by atoms with Crippen molar-refractivity contribution in [1.82, 2.24) is 9.78 Å². The fourth-order valence-corrected chi connectivity index (χ4v) is 3.18. The summed E-state index contributed by atoms with van der Waals surface area (Å²) in [6, 6.07) is 6.81. The fourth-order valence-electron chi connectivity index (χ4n) is 1.88. The van der Waals surface area contributed by atoms with E-state index in [0.29, 0.717) is 5.69 Å². The predicted octanol–water partition coefficient (Wildman–Crippen LogP) is 2.46. The number of aryl methyl sites for hydroxylation is 3. The molecule has 2 rings (SSSR count). The van der Waals surface area contributed by atoms with Gasteiger partial charge in [-0.3, -0.25) is 4.72 Å². The van der Waals surface area contributed by atoms with Gasteiger partial charge in [-0.2, -0.15) is 9.49 Å². The van der Waals surface area contributed by atoms with E-state index in [1.165, 1.54) is 6.92 Å². The molecule has 0 aliphatic rings. The Morgan fingerprint density at radius 2 is 1.85 bits per heavy atom. The number of benzene rings is 1. The van der Waals surface area contributed by atoms with Gasteiger partial charge in [-0.05, 0) is 32.9 Å². The number of rotatable bonds is 4. The molecule has 0 radical (unpaired) electrons. The highest BCUT2D eigenvalue weighted by Crippen LogP contribution is 2.22. The number of hydrogen-bond acceptors (Lipinski definition) is 3. The van der Waals surface area contributed by atoms with Crippen molar-refractivity contribution in [1.29, 1.82) is 0 Å². The number of hydrogen-bond donors (Lipinski definition) is 1. The lowest BCUT2D eigenvalue weighted by atomic mass is 10.2. The Morgan fingerprint density at radius 3 is 2.35 bits per heavy atom. The van der Waals surface area contributed by atoms with Crippen LogP contribution in [0.3, 0.4) is 0 Å². The second-order valence-corrected chi connectivity index (χ2v) is 6.11. The van der Waals surface area contributed by atoms with Gasteiger partial charge in [0, 0.05) is 12.2 Å². The van der Waals surface area contributed by atoms with Crippen LogP contribution in [-0.4, -0.2) is 18.2 Å². The van der Waals surface area contributed by atoms with E-state index in [-0.39, 0.29) is 12.2 Å². The molecule has 7 heteroatoms. The summed E-state index contributed by atoms with van der Waals surface area (Å²) in [6.45, 7) is 5.33. The van der Waals surface area contributed by atoms with Crippen LogP contribution in [0.5, 0.6) is 0 Å². The summed E-state index contributed by atoms with van der Waals surface area (Å²) in [4.78, 5) is -0.403. The van der Waals surface area contributed by atoms with Crippen LogP contribution in [0.2, 0.25) is 0 Å². The minimum absolute atomic E-state index is 0.143. The van der Waals surface area contributed by atoms with E-state index in [2.05, 4.69) is 9.82 Å². The van der Waals surface area contributed by atoms with Gasteiger partial charge in [-0.25, -0.2) is 13.1 Å². The third kappa shape index (κ3) is 2.67. The minimum atomic E-state index is -3.99. The van der Waals surface area contributed by atoms with Crippen molar-refractivity contribution < 1.29 is 12.8 Å². The maximum atomic E-state index is 14.0. The lowest BCUT2D eigenvalue weighted by Crippen LogP contribution is -2.15. The second kappa shape index (κ2) is 5.24. The van der Waals surface area contributed by atoms with Crippen LogP contribution >= 0.6 is 0 Å². The molecule has 1 N–H and O–H groups in total. The smallest absolute Gasteiger partial charge is 0.268 e. The molecule has 0 aliphatic heterocycles. The third-order valence-corrected chi connectivity index (χ3v) is 4.39. The highest BCUT2D eigenvalue weighted by Gasteiger charge is 2.27. The summed E-state index contributed by atoms with van der Waals surface area (Å²) in [6.07, 6.45) is 0. The van der Waals surface area contributed by atoms with E-state index < -0.39 is 20.9 Å². The maximum absolute atomic E-state index is 14.0. The summed E-state index contributed by atoms with van der Waals surface area (Å²) in [5.41, 5.74) is 1.54. The molecule has 1 aromatic carbocycles. The van der Waals surface area contributed by atoms with E-state index >= 15 is 0 Å². The number of sulfonamides is 1. The van der Waals surface area contributed by atoms with E-state index in [1.54, 1.807) is 31.2 Å². The number of aromatic nitrogens is 2. The van der Waals surface area contributed by atoms with Gasteiger partial charge in [-0.1, -0.05) is 17.7 Å². The first-order valence-corrected chi connectivity index (χ1v) is 7.66. The monoisotopic (exact) mass is 297 g/mol. The Morgan fingerprint density at radius 1 is 1.25 bits per heavy atom. The Bertz CT molecular complexity index is 721.